The van der Waals surface area contributed by atoms with Crippen molar-refractivity contribution in [3.05, 3.63) is 0 Å². The first-order valence-electron chi connectivity index (χ1n) is 5.14. The Morgan fingerprint density at radius 1 is 1.50 bits per heavy atom. The van der Waals surface area contributed by atoms with Gasteiger partial charge in [0.1, 0.15) is 5.84 Å². The molecule has 14 heavy (non-hydrogen) atoms. The van der Waals surface area contributed by atoms with Crippen LogP contribution in [0.2, 0.25) is 0 Å². The monoisotopic (exact) mass is 215 g/mol. The van der Waals surface area contributed by atoms with Crippen molar-refractivity contribution < 1.29 is 0 Å². The molecule has 3 N–H and O–H groups in total. The number of amidine groups is 1. The number of hydrogen-bond acceptors (Lipinski definition) is 3. The number of hydrogen-bond donors (Lipinski definition) is 2. The zero-order chi connectivity index (χ0) is 10.8. The number of thioether (sulfide) groups is 1. The second-order valence-electron chi connectivity index (χ2n) is 4.53. The predicted octanol–water partition coefficient (Wildman–Crippen LogP) is 1.53. The lowest BCUT2D eigenvalue weighted by atomic mass is 10.1. The van der Waals surface area contributed by atoms with Crippen molar-refractivity contribution in [1.29, 1.82) is 5.41 Å². The van der Waals surface area contributed by atoms with Gasteiger partial charge in [-0.1, -0.05) is 13.8 Å². The van der Waals surface area contributed by atoms with Crippen molar-refractivity contribution in [1.82, 2.24) is 4.90 Å². The molecule has 1 aliphatic rings. The number of rotatable bonds is 2. The van der Waals surface area contributed by atoms with Gasteiger partial charge in [0.2, 0.25) is 0 Å². The summed E-state index contributed by atoms with van der Waals surface area (Å²) in [5.41, 5.74) is 5.52. The average molecular weight is 215 g/mol. The number of nitrogens with one attached hydrogen (secondary N) is 1. The fourth-order valence-electron chi connectivity index (χ4n) is 1.62. The van der Waals surface area contributed by atoms with Gasteiger partial charge in [0, 0.05) is 23.6 Å². The van der Waals surface area contributed by atoms with Gasteiger partial charge in [0.05, 0.1) is 6.04 Å². The third-order valence-electron chi connectivity index (χ3n) is 2.87. The third kappa shape index (κ3) is 3.17. The third-order valence-corrected chi connectivity index (χ3v) is 4.24. The number of nitrogens with two attached hydrogens (primary N) is 1. The Kier molecular flexibility index (Phi) is 3.84. The highest BCUT2D eigenvalue weighted by molar-refractivity contribution is 8.00. The van der Waals surface area contributed by atoms with Gasteiger partial charge in [-0.2, -0.15) is 11.8 Å². The minimum absolute atomic E-state index is 0.101. The average Bonchev–Trinajstić information content (AvgIpc) is 2.25. The summed E-state index contributed by atoms with van der Waals surface area (Å²) in [7, 11) is 0. The summed E-state index contributed by atoms with van der Waals surface area (Å²) in [6.07, 6.45) is 1.18. The van der Waals surface area contributed by atoms with E-state index < -0.39 is 0 Å². The summed E-state index contributed by atoms with van der Waals surface area (Å²) in [6, 6.07) is 0.101. The van der Waals surface area contributed by atoms with E-state index in [2.05, 4.69) is 18.7 Å². The SMILES string of the molecule is CC(C(=N)N)N1CCSC(C)(C)CC1. The van der Waals surface area contributed by atoms with E-state index in [0.717, 1.165) is 18.8 Å². The first-order valence-corrected chi connectivity index (χ1v) is 6.13. The molecule has 1 fully saturated rings. The highest BCUT2D eigenvalue weighted by Crippen LogP contribution is 2.31. The van der Waals surface area contributed by atoms with Crippen LogP contribution < -0.4 is 5.73 Å². The Morgan fingerprint density at radius 3 is 2.71 bits per heavy atom. The second-order valence-corrected chi connectivity index (χ2v) is 6.33. The van der Waals surface area contributed by atoms with Crippen LogP contribution >= 0.6 is 11.8 Å². The molecule has 1 unspecified atom stereocenters. The van der Waals surface area contributed by atoms with Crippen molar-refractivity contribution in [2.45, 2.75) is 38.0 Å². The maximum Gasteiger partial charge on any atom is 0.108 e. The molecule has 1 aliphatic heterocycles. The summed E-state index contributed by atoms with van der Waals surface area (Å²) in [5, 5.41) is 7.44. The molecule has 4 heteroatoms. The predicted molar refractivity (Wildman–Crippen MR) is 64.1 cm³/mol. The van der Waals surface area contributed by atoms with Crippen molar-refractivity contribution in [2.24, 2.45) is 5.73 Å². The van der Waals surface area contributed by atoms with Gasteiger partial charge >= 0.3 is 0 Å². The van der Waals surface area contributed by atoms with E-state index in [1.54, 1.807) is 0 Å². The van der Waals surface area contributed by atoms with E-state index in [1.165, 1.54) is 6.42 Å². The molecule has 82 valence electrons. The van der Waals surface area contributed by atoms with E-state index in [0.29, 0.717) is 4.75 Å². The minimum Gasteiger partial charge on any atom is -0.386 e. The normalized spacial score (nSPS) is 25.4. The molecule has 0 aliphatic carbocycles. The summed E-state index contributed by atoms with van der Waals surface area (Å²) >= 11 is 2.02. The molecular weight excluding hydrogens is 194 g/mol. The quantitative estimate of drug-likeness (QED) is 0.542. The van der Waals surface area contributed by atoms with E-state index in [-0.39, 0.29) is 11.9 Å². The molecule has 1 atom stereocenters. The van der Waals surface area contributed by atoms with Crippen molar-refractivity contribution in [3.63, 3.8) is 0 Å². The lowest BCUT2D eigenvalue weighted by molar-refractivity contribution is 0.262. The molecule has 0 amide bonds. The molecule has 3 nitrogen and oxygen atoms in total. The van der Waals surface area contributed by atoms with E-state index in [4.69, 9.17) is 11.1 Å². The minimum atomic E-state index is 0.101. The van der Waals surface area contributed by atoms with E-state index >= 15 is 0 Å². The molecule has 1 rings (SSSR count). The molecule has 0 aromatic rings. The Labute approximate surface area is 90.9 Å². The van der Waals surface area contributed by atoms with Gasteiger partial charge in [0.25, 0.3) is 0 Å². The molecule has 1 heterocycles. The summed E-state index contributed by atoms with van der Waals surface area (Å²) < 4.78 is 0.380. The van der Waals surface area contributed by atoms with Crippen LogP contribution in [0.1, 0.15) is 27.2 Å². The molecule has 0 saturated carbocycles. The van der Waals surface area contributed by atoms with Crippen LogP contribution in [-0.4, -0.2) is 40.4 Å². The molecule has 0 spiro atoms. The first-order chi connectivity index (χ1) is 6.42. The fraction of sp³-hybridized carbons (Fsp3) is 0.900. The first kappa shape index (κ1) is 11.9. The largest absolute Gasteiger partial charge is 0.386 e. The zero-order valence-electron chi connectivity index (χ0n) is 9.34. The Hall–Kier alpha value is -0.220. The molecular formula is C10H21N3S. The Balaban J connectivity index is 2.54. The smallest absolute Gasteiger partial charge is 0.108 e. The van der Waals surface area contributed by atoms with Crippen LogP contribution in [0.4, 0.5) is 0 Å². The van der Waals surface area contributed by atoms with Crippen molar-refractivity contribution in [3.8, 4) is 0 Å². The van der Waals surface area contributed by atoms with Crippen molar-refractivity contribution >= 4 is 17.6 Å². The Morgan fingerprint density at radius 2 is 2.14 bits per heavy atom. The summed E-state index contributed by atoms with van der Waals surface area (Å²) in [5.74, 6) is 1.43. The van der Waals surface area contributed by atoms with Crippen LogP contribution in [0.3, 0.4) is 0 Å². The molecule has 0 radical (unpaired) electrons. The molecule has 0 aromatic heterocycles. The Bertz CT molecular complexity index is 215. The van der Waals surface area contributed by atoms with Crippen LogP contribution in [-0.2, 0) is 0 Å². The topological polar surface area (TPSA) is 53.1 Å². The van der Waals surface area contributed by atoms with Gasteiger partial charge in [-0.25, -0.2) is 0 Å². The zero-order valence-corrected chi connectivity index (χ0v) is 10.2. The van der Waals surface area contributed by atoms with E-state index in [9.17, 15) is 0 Å². The highest BCUT2D eigenvalue weighted by atomic mass is 32.2. The second kappa shape index (κ2) is 4.53. The summed E-state index contributed by atoms with van der Waals surface area (Å²) in [6.45, 7) is 8.71. The maximum absolute atomic E-state index is 7.44. The van der Waals surface area contributed by atoms with Crippen molar-refractivity contribution in [2.75, 3.05) is 18.8 Å². The van der Waals surface area contributed by atoms with Gasteiger partial charge in [-0.05, 0) is 13.3 Å². The van der Waals surface area contributed by atoms with Crippen LogP contribution in [0.25, 0.3) is 0 Å². The van der Waals surface area contributed by atoms with Gasteiger partial charge in [-0.15, -0.1) is 0 Å². The standard InChI is InChI=1S/C10H21N3S/c1-8(9(11)12)13-5-4-10(2,3)14-7-6-13/h8H,4-7H2,1-3H3,(H3,11,12). The maximum atomic E-state index is 7.44. The molecule has 0 bridgehead atoms. The van der Waals surface area contributed by atoms with Crippen LogP contribution in [0, 0.1) is 5.41 Å². The van der Waals surface area contributed by atoms with Gasteiger partial charge in [0.15, 0.2) is 0 Å². The molecule has 0 aromatic carbocycles. The fourth-order valence-corrected chi connectivity index (χ4v) is 2.73. The lowest BCUT2D eigenvalue weighted by Gasteiger charge is -2.27. The van der Waals surface area contributed by atoms with Crippen LogP contribution in [0.5, 0.6) is 0 Å². The molecule has 1 saturated heterocycles. The number of nitrogens with zero attached hydrogens (tertiary/aromatic N) is 1. The summed E-state index contributed by atoms with van der Waals surface area (Å²) in [4.78, 5) is 2.31. The van der Waals surface area contributed by atoms with Gasteiger partial charge in [-0.3, -0.25) is 10.3 Å². The lowest BCUT2D eigenvalue weighted by Crippen LogP contribution is -2.43. The van der Waals surface area contributed by atoms with Gasteiger partial charge < -0.3 is 5.73 Å². The van der Waals surface area contributed by atoms with Crippen LogP contribution in [0.15, 0.2) is 0 Å². The highest BCUT2D eigenvalue weighted by Gasteiger charge is 2.26. The van der Waals surface area contributed by atoms with E-state index in [1.807, 2.05) is 18.7 Å².